The van der Waals surface area contributed by atoms with Gasteiger partial charge in [0.05, 0.1) is 0 Å². The monoisotopic (exact) mass is 407 g/mol. The molecule has 2 fully saturated rings. The van der Waals surface area contributed by atoms with Crippen molar-refractivity contribution in [1.82, 2.24) is 4.90 Å². The molecule has 5 atom stereocenters. The predicted molar refractivity (Wildman–Crippen MR) is 104 cm³/mol. The number of benzene rings is 1. The van der Waals surface area contributed by atoms with E-state index >= 15 is 0 Å². The number of aliphatic hydroxyl groups excluding tert-OH is 2. The molecule has 8 nitrogen and oxygen atoms in total. The van der Waals surface area contributed by atoms with Crippen LogP contribution in [-0.2, 0) is 21.4 Å². The van der Waals surface area contributed by atoms with Crippen LogP contribution in [0.25, 0.3) is 0 Å². The molecule has 1 heterocycles. The zero-order chi connectivity index (χ0) is 21.3. The Hall–Kier alpha value is -2.16. The third-order valence-corrected chi connectivity index (χ3v) is 6.90. The van der Waals surface area contributed by atoms with E-state index in [0.29, 0.717) is 11.2 Å². The van der Waals surface area contributed by atoms with Crippen LogP contribution < -0.4 is 0 Å². The van der Waals surface area contributed by atoms with Crippen molar-refractivity contribution >= 4 is 11.9 Å². The van der Waals surface area contributed by atoms with E-state index < -0.39 is 24.1 Å². The molecule has 0 amide bonds. The number of aliphatic carboxylic acids is 2. The lowest BCUT2D eigenvalue weighted by molar-refractivity contribution is -0.165. The molecule has 1 saturated heterocycles. The van der Waals surface area contributed by atoms with E-state index in [1.807, 2.05) is 6.07 Å². The van der Waals surface area contributed by atoms with E-state index in [4.69, 9.17) is 20.4 Å². The number of nitrogens with zero attached hydrogens (tertiary/aromatic N) is 1. The average molecular weight is 407 g/mol. The van der Waals surface area contributed by atoms with Crippen LogP contribution in [0.15, 0.2) is 18.2 Å². The Morgan fingerprint density at radius 2 is 1.76 bits per heavy atom. The molecule has 8 heteroatoms. The minimum atomic E-state index is -2.27. The van der Waals surface area contributed by atoms with Crippen LogP contribution in [0.5, 0.6) is 5.75 Å². The molecule has 1 aromatic carbocycles. The molecule has 1 aliphatic heterocycles. The molecule has 0 spiro atoms. The summed E-state index contributed by atoms with van der Waals surface area (Å²) in [7, 11) is 2.30. The molecule has 2 bridgehead atoms. The first kappa shape index (κ1) is 21.5. The second-order valence-corrected chi connectivity index (χ2v) is 8.42. The molecule has 0 aromatic heterocycles. The summed E-state index contributed by atoms with van der Waals surface area (Å²) < 4.78 is 0. The van der Waals surface area contributed by atoms with Gasteiger partial charge in [-0.2, -0.15) is 0 Å². The number of likely N-dealkylation sites (tertiary alicyclic amines) is 1. The van der Waals surface area contributed by atoms with E-state index in [0.717, 1.165) is 12.0 Å². The van der Waals surface area contributed by atoms with Crippen LogP contribution in [0.1, 0.15) is 43.2 Å². The van der Waals surface area contributed by atoms with Crippen LogP contribution in [-0.4, -0.2) is 74.2 Å². The maximum absolute atomic E-state index is 9.91. The second kappa shape index (κ2) is 8.30. The van der Waals surface area contributed by atoms with Gasteiger partial charge in [0.1, 0.15) is 5.75 Å². The number of aromatic hydroxyl groups is 1. The Bertz CT molecular complexity index is 764. The van der Waals surface area contributed by atoms with E-state index in [-0.39, 0.29) is 0 Å². The van der Waals surface area contributed by atoms with Gasteiger partial charge in [-0.05, 0) is 68.5 Å². The molecule has 0 radical (unpaired) electrons. The van der Waals surface area contributed by atoms with E-state index in [1.165, 1.54) is 56.2 Å². The van der Waals surface area contributed by atoms with Crippen molar-refractivity contribution in [2.45, 2.75) is 62.2 Å². The van der Waals surface area contributed by atoms with Crippen LogP contribution >= 0.6 is 0 Å². The van der Waals surface area contributed by atoms with E-state index in [9.17, 15) is 14.7 Å². The van der Waals surface area contributed by atoms with Gasteiger partial charge in [0.15, 0.2) is 12.2 Å². The number of rotatable bonds is 3. The standard InChI is InChI=1S/C17H23NO.C4H6O6/c1-18-9-8-17-7-3-2-4-14(17)16(18)10-12-5-6-13(19)11-15(12)17;5-1(3(7)8)2(6)4(9)10/h5-6,11,14,16,19H,2-4,7-10H2,1H3;1-2,5-6H,(H,7,8)(H,9,10)/t14-,16-,17-;/m1./s1. The first-order valence-electron chi connectivity index (χ1n) is 10.0. The smallest absolute Gasteiger partial charge is 0.335 e. The number of aliphatic hydroxyl groups is 2. The molecule has 1 aromatic rings. The van der Waals surface area contributed by atoms with Crippen LogP contribution in [0.2, 0.25) is 0 Å². The number of carbonyl (C=O) groups is 2. The van der Waals surface area contributed by atoms with Crippen LogP contribution in [0.4, 0.5) is 0 Å². The number of carboxylic acid groups (broad SMARTS) is 2. The third kappa shape index (κ3) is 3.97. The molecule has 5 N–H and O–H groups in total. The number of carboxylic acids is 2. The van der Waals surface area contributed by atoms with Gasteiger partial charge in [-0.3, -0.25) is 0 Å². The van der Waals surface area contributed by atoms with Gasteiger partial charge < -0.3 is 30.4 Å². The highest BCUT2D eigenvalue weighted by atomic mass is 16.4. The first-order valence-corrected chi connectivity index (χ1v) is 10.0. The topological polar surface area (TPSA) is 139 Å². The molecule has 1 saturated carbocycles. The second-order valence-electron chi connectivity index (χ2n) is 8.42. The van der Waals surface area contributed by atoms with Gasteiger partial charge in [-0.15, -0.1) is 0 Å². The summed E-state index contributed by atoms with van der Waals surface area (Å²) in [5.41, 5.74) is 3.36. The zero-order valence-electron chi connectivity index (χ0n) is 16.5. The maximum atomic E-state index is 9.91. The fourth-order valence-electron chi connectivity index (χ4n) is 5.45. The Morgan fingerprint density at radius 1 is 1.10 bits per heavy atom. The number of hydrogen-bond acceptors (Lipinski definition) is 6. The normalized spacial score (nSPS) is 30.0. The van der Waals surface area contributed by atoms with Crippen LogP contribution in [0, 0.1) is 5.92 Å². The first-order chi connectivity index (χ1) is 13.7. The summed E-state index contributed by atoms with van der Waals surface area (Å²) >= 11 is 0. The molecule has 3 aliphatic rings. The fraction of sp³-hybridized carbons (Fsp3) is 0.619. The summed E-state index contributed by atoms with van der Waals surface area (Å²) in [4.78, 5) is 22.1. The van der Waals surface area contributed by atoms with Crippen molar-refractivity contribution in [3.8, 4) is 5.75 Å². The molecule has 29 heavy (non-hydrogen) atoms. The summed E-state index contributed by atoms with van der Waals surface area (Å²) in [6.45, 7) is 1.22. The van der Waals surface area contributed by atoms with Gasteiger partial charge in [-0.1, -0.05) is 18.9 Å². The average Bonchev–Trinajstić information content (AvgIpc) is 2.70. The SMILES string of the molecule is CN1CC[C@]23CCCC[C@@H]2[C@H]1Cc1ccc(O)cc13.O=C(O)C(O)C(O)C(=O)O. The Morgan fingerprint density at radius 3 is 2.38 bits per heavy atom. The summed E-state index contributed by atoms with van der Waals surface area (Å²) in [5.74, 6) is -2.27. The van der Waals surface area contributed by atoms with Crippen LogP contribution in [0.3, 0.4) is 0 Å². The molecular weight excluding hydrogens is 378 g/mol. The number of likely N-dealkylation sites (N-methyl/N-ethyl adjacent to an activating group) is 1. The lowest BCUT2D eigenvalue weighted by atomic mass is 9.52. The zero-order valence-corrected chi connectivity index (χ0v) is 16.5. The Labute approximate surface area is 169 Å². The molecule has 2 aliphatic carbocycles. The highest BCUT2D eigenvalue weighted by molar-refractivity contribution is 5.83. The van der Waals surface area contributed by atoms with Crippen molar-refractivity contribution < 1.29 is 35.1 Å². The van der Waals surface area contributed by atoms with Crippen molar-refractivity contribution in [1.29, 1.82) is 0 Å². The van der Waals surface area contributed by atoms with E-state index in [1.54, 1.807) is 0 Å². The van der Waals surface area contributed by atoms with Crippen molar-refractivity contribution in [2.75, 3.05) is 13.6 Å². The van der Waals surface area contributed by atoms with E-state index in [2.05, 4.69) is 24.1 Å². The Kier molecular flexibility index (Phi) is 6.16. The highest BCUT2D eigenvalue weighted by Gasteiger charge is 2.53. The number of phenolic OH excluding ortho intramolecular Hbond substituents is 1. The lowest BCUT2D eigenvalue weighted by Crippen LogP contribution is -2.59. The Balaban J connectivity index is 0.000000207. The number of phenols is 1. The highest BCUT2D eigenvalue weighted by Crippen LogP contribution is 2.55. The maximum Gasteiger partial charge on any atom is 0.335 e. The molecule has 4 rings (SSSR count). The van der Waals surface area contributed by atoms with Crippen molar-refractivity contribution in [3.63, 3.8) is 0 Å². The number of piperidine rings is 1. The van der Waals surface area contributed by atoms with Gasteiger partial charge in [0, 0.05) is 11.5 Å². The summed E-state index contributed by atoms with van der Waals surface area (Å²) in [6.07, 6.45) is 3.39. The van der Waals surface area contributed by atoms with Gasteiger partial charge in [0.25, 0.3) is 0 Å². The fourth-order valence-corrected chi connectivity index (χ4v) is 5.45. The number of fused-ring (bicyclic) bond motifs is 1. The van der Waals surface area contributed by atoms with Crippen molar-refractivity contribution in [3.05, 3.63) is 29.3 Å². The predicted octanol–water partition coefficient (Wildman–Crippen LogP) is 0.958. The molecule has 160 valence electrons. The lowest BCUT2D eigenvalue weighted by Gasteiger charge is -2.58. The molecule has 2 unspecified atom stereocenters. The van der Waals surface area contributed by atoms with Gasteiger partial charge >= 0.3 is 11.9 Å². The van der Waals surface area contributed by atoms with Gasteiger partial charge in [0.2, 0.25) is 0 Å². The summed E-state index contributed by atoms with van der Waals surface area (Å²) in [5, 5.41) is 42.4. The third-order valence-electron chi connectivity index (χ3n) is 6.90. The van der Waals surface area contributed by atoms with Crippen molar-refractivity contribution in [2.24, 2.45) is 5.92 Å². The quantitative estimate of drug-likeness (QED) is 0.499. The van der Waals surface area contributed by atoms with Gasteiger partial charge in [-0.25, -0.2) is 9.59 Å². The minimum Gasteiger partial charge on any atom is -0.508 e. The molecular formula is C21H29NO7. The minimum absolute atomic E-state index is 0.377. The largest absolute Gasteiger partial charge is 0.508 e. The number of hydrogen-bond donors (Lipinski definition) is 5. The summed E-state index contributed by atoms with van der Waals surface area (Å²) in [6, 6.07) is 6.85.